The molecule has 1 atom stereocenters. The lowest BCUT2D eigenvalue weighted by Crippen LogP contribution is -2.49. The van der Waals surface area contributed by atoms with E-state index in [2.05, 4.69) is 41.1 Å². The first-order chi connectivity index (χ1) is 20.0. The minimum Gasteiger partial charge on any atom is -0.489 e. The lowest BCUT2D eigenvalue weighted by atomic mass is 10.0. The van der Waals surface area contributed by atoms with Crippen molar-refractivity contribution >= 4 is 17.7 Å². The van der Waals surface area contributed by atoms with Crippen LogP contribution in [0.25, 0.3) is 0 Å². The molecule has 0 aromatic heterocycles. The highest BCUT2D eigenvalue weighted by molar-refractivity contribution is 6.02. The molecule has 41 heavy (non-hydrogen) atoms. The van der Waals surface area contributed by atoms with Gasteiger partial charge in [0.25, 0.3) is 11.8 Å². The van der Waals surface area contributed by atoms with Crippen molar-refractivity contribution in [2.75, 3.05) is 26.2 Å². The molecule has 0 radical (unpaired) electrons. The summed E-state index contributed by atoms with van der Waals surface area (Å²) in [6.07, 6.45) is 1.24. The van der Waals surface area contributed by atoms with E-state index in [9.17, 15) is 14.4 Å². The summed E-state index contributed by atoms with van der Waals surface area (Å²) in [5.74, 6) is 0.465. The quantitative estimate of drug-likeness (QED) is 0.482. The zero-order valence-corrected chi connectivity index (χ0v) is 23.1. The zero-order valence-electron chi connectivity index (χ0n) is 23.1. The molecule has 0 bridgehead atoms. The maximum atomic E-state index is 13.1. The number of carbonyl (C=O) groups is 3. The summed E-state index contributed by atoms with van der Waals surface area (Å²) in [4.78, 5) is 44.3. The standard InChI is InChI=1S/C33H34N4O4/c1-23-10-15-29(31(38)34-23)37-21-28-27(33(37)40)8-5-9-30(28)41-22-25-13-11-24(12-14-25)20-35-16-18-36(19-17-35)32(39)26-6-3-2-4-7-26/h2-9,11-14,29H,1,10,15-22H2,(H,34,38). The highest BCUT2D eigenvalue weighted by atomic mass is 16.5. The van der Waals surface area contributed by atoms with Crippen LogP contribution in [0.15, 0.2) is 85.1 Å². The van der Waals surface area contributed by atoms with E-state index in [1.807, 2.05) is 47.4 Å². The van der Waals surface area contributed by atoms with Gasteiger partial charge in [-0.3, -0.25) is 19.3 Å². The molecule has 0 aliphatic carbocycles. The Morgan fingerprint density at radius 1 is 0.902 bits per heavy atom. The molecular weight excluding hydrogens is 516 g/mol. The SMILES string of the molecule is C=C1CCC(N2Cc3c(OCc4ccc(CN5CCN(C(=O)c6ccccc6)CC5)cc4)cccc3C2=O)C(=O)N1. The van der Waals surface area contributed by atoms with Crippen molar-refractivity contribution < 1.29 is 19.1 Å². The molecular formula is C33H34N4O4. The third-order valence-electron chi connectivity index (χ3n) is 8.15. The van der Waals surface area contributed by atoms with Crippen molar-refractivity contribution in [3.05, 3.63) is 113 Å². The average molecular weight is 551 g/mol. The van der Waals surface area contributed by atoms with Crippen LogP contribution in [0.1, 0.15) is 50.2 Å². The molecule has 210 valence electrons. The minimum atomic E-state index is -0.492. The molecule has 1 N–H and O–H groups in total. The molecule has 3 aromatic rings. The van der Waals surface area contributed by atoms with Gasteiger partial charge in [0, 0.05) is 55.1 Å². The lowest BCUT2D eigenvalue weighted by molar-refractivity contribution is -0.126. The van der Waals surface area contributed by atoms with Crippen molar-refractivity contribution in [2.45, 2.75) is 38.6 Å². The molecule has 0 spiro atoms. The van der Waals surface area contributed by atoms with Crippen LogP contribution in [-0.4, -0.2) is 64.6 Å². The van der Waals surface area contributed by atoms with Crippen LogP contribution in [0.5, 0.6) is 5.75 Å². The largest absolute Gasteiger partial charge is 0.489 e. The smallest absolute Gasteiger partial charge is 0.255 e. The van der Waals surface area contributed by atoms with E-state index in [0.29, 0.717) is 43.0 Å². The molecule has 6 rings (SSSR count). The van der Waals surface area contributed by atoms with Gasteiger partial charge < -0.3 is 19.9 Å². The number of nitrogens with one attached hydrogen (secondary N) is 1. The van der Waals surface area contributed by atoms with E-state index in [0.717, 1.165) is 49.4 Å². The second-order valence-corrected chi connectivity index (χ2v) is 10.9. The molecule has 0 saturated carbocycles. The van der Waals surface area contributed by atoms with E-state index in [4.69, 9.17) is 4.74 Å². The molecule has 8 heteroatoms. The van der Waals surface area contributed by atoms with Crippen molar-refractivity contribution in [1.82, 2.24) is 20.0 Å². The third kappa shape index (κ3) is 5.74. The summed E-state index contributed by atoms with van der Waals surface area (Å²) >= 11 is 0. The summed E-state index contributed by atoms with van der Waals surface area (Å²) in [5.41, 5.74) is 5.12. The second-order valence-electron chi connectivity index (χ2n) is 10.9. The first-order valence-corrected chi connectivity index (χ1v) is 14.1. The topological polar surface area (TPSA) is 82.2 Å². The van der Waals surface area contributed by atoms with Gasteiger partial charge in [-0.15, -0.1) is 0 Å². The van der Waals surface area contributed by atoms with E-state index in [-0.39, 0.29) is 17.7 Å². The van der Waals surface area contributed by atoms with Gasteiger partial charge >= 0.3 is 0 Å². The Bertz CT molecular complexity index is 1460. The van der Waals surface area contributed by atoms with Gasteiger partial charge in [0.1, 0.15) is 18.4 Å². The Morgan fingerprint density at radius 3 is 2.37 bits per heavy atom. The highest BCUT2D eigenvalue weighted by Crippen LogP contribution is 2.34. The molecule has 1 unspecified atom stereocenters. The van der Waals surface area contributed by atoms with Crippen molar-refractivity contribution in [1.29, 1.82) is 0 Å². The van der Waals surface area contributed by atoms with Gasteiger partial charge in [-0.2, -0.15) is 0 Å². The first kappa shape index (κ1) is 26.8. The number of amides is 3. The Morgan fingerprint density at radius 2 is 1.63 bits per heavy atom. The van der Waals surface area contributed by atoms with Crippen molar-refractivity contribution in [3.8, 4) is 5.75 Å². The second kappa shape index (κ2) is 11.6. The Labute approximate surface area is 240 Å². The fourth-order valence-corrected chi connectivity index (χ4v) is 5.80. The maximum absolute atomic E-state index is 13.1. The Balaban J connectivity index is 1.02. The number of allylic oxidation sites excluding steroid dienone is 1. The number of hydrogen-bond acceptors (Lipinski definition) is 5. The van der Waals surface area contributed by atoms with Gasteiger partial charge in [0.15, 0.2) is 0 Å². The lowest BCUT2D eigenvalue weighted by Gasteiger charge is -2.34. The van der Waals surface area contributed by atoms with Crippen LogP contribution in [0, 0.1) is 0 Å². The fraction of sp³-hybridized carbons (Fsp3) is 0.303. The van der Waals surface area contributed by atoms with E-state index < -0.39 is 6.04 Å². The van der Waals surface area contributed by atoms with Crippen LogP contribution >= 0.6 is 0 Å². The van der Waals surface area contributed by atoms with Crippen LogP contribution in [0.4, 0.5) is 0 Å². The maximum Gasteiger partial charge on any atom is 0.255 e. The number of ether oxygens (including phenoxy) is 1. The molecule has 3 aromatic carbocycles. The van der Waals surface area contributed by atoms with Crippen LogP contribution < -0.4 is 10.1 Å². The summed E-state index contributed by atoms with van der Waals surface area (Å²) in [7, 11) is 0. The number of piperidine rings is 1. The van der Waals surface area contributed by atoms with Gasteiger partial charge in [-0.05, 0) is 48.2 Å². The molecule has 3 aliphatic rings. The Hall–Kier alpha value is -4.43. The van der Waals surface area contributed by atoms with Gasteiger partial charge in [-0.1, -0.05) is 55.1 Å². The summed E-state index contributed by atoms with van der Waals surface area (Å²) in [5, 5.41) is 2.78. The van der Waals surface area contributed by atoms with E-state index in [1.54, 1.807) is 11.0 Å². The highest BCUT2D eigenvalue weighted by Gasteiger charge is 2.39. The molecule has 2 fully saturated rings. The number of fused-ring (bicyclic) bond motifs is 1. The van der Waals surface area contributed by atoms with Crippen LogP contribution in [0.2, 0.25) is 0 Å². The molecule has 2 saturated heterocycles. The van der Waals surface area contributed by atoms with Gasteiger partial charge in [-0.25, -0.2) is 0 Å². The molecule has 3 amide bonds. The van der Waals surface area contributed by atoms with Gasteiger partial charge in [0.05, 0.1) is 6.54 Å². The summed E-state index contributed by atoms with van der Waals surface area (Å²) < 4.78 is 6.18. The fourth-order valence-electron chi connectivity index (χ4n) is 5.80. The molecule has 3 heterocycles. The number of hydrogen-bond donors (Lipinski definition) is 1. The normalized spacial score (nSPS) is 19.2. The van der Waals surface area contributed by atoms with Crippen molar-refractivity contribution in [2.24, 2.45) is 0 Å². The van der Waals surface area contributed by atoms with E-state index in [1.165, 1.54) is 5.56 Å². The zero-order chi connectivity index (χ0) is 28.3. The number of carbonyl (C=O) groups excluding carboxylic acids is 3. The Kier molecular flexibility index (Phi) is 7.57. The number of nitrogens with zero attached hydrogens (tertiary/aromatic N) is 3. The van der Waals surface area contributed by atoms with Crippen molar-refractivity contribution in [3.63, 3.8) is 0 Å². The average Bonchev–Trinajstić information content (AvgIpc) is 3.34. The summed E-state index contributed by atoms with van der Waals surface area (Å²) in [6.45, 7) is 8.54. The predicted octanol–water partition coefficient (Wildman–Crippen LogP) is 3.97. The van der Waals surface area contributed by atoms with E-state index >= 15 is 0 Å². The molecule has 3 aliphatic heterocycles. The first-order valence-electron chi connectivity index (χ1n) is 14.1. The minimum absolute atomic E-state index is 0.0986. The number of benzene rings is 3. The molecule has 8 nitrogen and oxygen atoms in total. The number of piperazine rings is 1. The van der Waals surface area contributed by atoms with Crippen LogP contribution in [0.3, 0.4) is 0 Å². The van der Waals surface area contributed by atoms with Crippen LogP contribution in [-0.2, 0) is 24.5 Å². The predicted molar refractivity (Wildman–Crippen MR) is 155 cm³/mol. The van der Waals surface area contributed by atoms with Gasteiger partial charge in [0.2, 0.25) is 5.91 Å². The monoisotopic (exact) mass is 550 g/mol. The third-order valence-corrected chi connectivity index (χ3v) is 8.15. The summed E-state index contributed by atoms with van der Waals surface area (Å²) in [6, 6.07) is 22.9. The number of rotatable bonds is 7.